The lowest BCUT2D eigenvalue weighted by atomic mass is 10.00. The molecule has 122 valence electrons. The largest absolute Gasteiger partial charge is 0.455 e. The number of ether oxygens (including phenoxy) is 1. The van der Waals surface area contributed by atoms with Crippen LogP contribution in [0.25, 0.3) is 10.4 Å². The van der Waals surface area contributed by atoms with Crippen molar-refractivity contribution in [2.24, 2.45) is 0 Å². The summed E-state index contributed by atoms with van der Waals surface area (Å²) in [7, 11) is 0. The number of halogens is 1. The Bertz CT molecular complexity index is 690. The van der Waals surface area contributed by atoms with Gasteiger partial charge in [-0.05, 0) is 37.5 Å². The molecule has 0 amide bonds. The number of carbonyl (C=O) groups is 1. The fraction of sp³-hybridized carbons (Fsp3) is 0.444. The summed E-state index contributed by atoms with van der Waals surface area (Å²) >= 11 is 1.54. The highest BCUT2D eigenvalue weighted by molar-refractivity contribution is 7.15. The number of aromatic nitrogens is 1. The Balaban J connectivity index is 1.99. The van der Waals surface area contributed by atoms with Gasteiger partial charge < -0.3 is 4.74 Å². The molecule has 0 saturated heterocycles. The molecular weight excluding hydrogens is 313 g/mol. The van der Waals surface area contributed by atoms with Crippen LogP contribution in [-0.4, -0.2) is 11.0 Å². The molecule has 1 fully saturated rings. The van der Waals surface area contributed by atoms with E-state index in [9.17, 15) is 9.18 Å². The van der Waals surface area contributed by atoms with Crippen LogP contribution in [0, 0.1) is 5.82 Å². The molecule has 2 aromatic rings. The van der Waals surface area contributed by atoms with Crippen molar-refractivity contribution in [3.05, 3.63) is 40.8 Å². The van der Waals surface area contributed by atoms with Crippen LogP contribution in [0.5, 0.6) is 0 Å². The van der Waals surface area contributed by atoms with E-state index in [1.807, 2.05) is 6.92 Å². The van der Waals surface area contributed by atoms with Crippen LogP contribution in [0.1, 0.15) is 62.3 Å². The summed E-state index contributed by atoms with van der Waals surface area (Å²) in [4.78, 5) is 17.1. The Morgan fingerprint density at radius 1 is 1.30 bits per heavy atom. The Kier molecular flexibility index (Phi) is 4.76. The lowest BCUT2D eigenvalue weighted by Gasteiger charge is -2.09. The molecule has 0 unspecified atom stereocenters. The smallest absolute Gasteiger partial charge is 0.303 e. The summed E-state index contributed by atoms with van der Waals surface area (Å²) < 4.78 is 18.5. The van der Waals surface area contributed by atoms with Crippen molar-refractivity contribution >= 4 is 17.3 Å². The lowest BCUT2D eigenvalue weighted by Crippen LogP contribution is -2.05. The van der Waals surface area contributed by atoms with Crippen LogP contribution in [0.4, 0.5) is 4.39 Å². The van der Waals surface area contributed by atoms with Gasteiger partial charge in [-0.3, -0.25) is 4.79 Å². The number of hydrogen-bond donors (Lipinski definition) is 0. The second kappa shape index (κ2) is 6.79. The molecule has 1 aromatic carbocycles. The van der Waals surface area contributed by atoms with Crippen LogP contribution in [-0.2, 0) is 9.53 Å². The number of nitrogens with zero attached hydrogens (tertiary/aromatic N) is 1. The molecule has 1 heterocycles. The molecule has 23 heavy (non-hydrogen) atoms. The quantitative estimate of drug-likeness (QED) is 0.719. The number of thiazole rings is 1. The Morgan fingerprint density at radius 3 is 2.57 bits per heavy atom. The first-order chi connectivity index (χ1) is 11.0. The SMILES string of the molecule is CC(=O)O[C@@H](C)c1nc(C2CCCC2)c(-c2ccc(F)cc2)s1. The fourth-order valence-electron chi connectivity index (χ4n) is 3.11. The van der Waals surface area contributed by atoms with E-state index in [4.69, 9.17) is 9.72 Å². The van der Waals surface area contributed by atoms with Crippen molar-refractivity contribution in [1.29, 1.82) is 0 Å². The number of carbonyl (C=O) groups excluding carboxylic acids is 1. The van der Waals surface area contributed by atoms with Gasteiger partial charge in [0, 0.05) is 12.8 Å². The van der Waals surface area contributed by atoms with Gasteiger partial charge in [0.1, 0.15) is 10.8 Å². The molecule has 1 saturated carbocycles. The van der Waals surface area contributed by atoms with Gasteiger partial charge in [-0.2, -0.15) is 0 Å². The van der Waals surface area contributed by atoms with Gasteiger partial charge in [-0.1, -0.05) is 25.0 Å². The van der Waals surface area contributed by atoms with E-state index in [0.717, 1.165) is 34.0 Å². The third-order valence-electron chi connectivity index (χ3n) is 4.21. The maximum atomic E-state index is 13.2. The lowest BCUT2D eigenvalue weighted by molar-refractivity contribution is -0.145. The van der Waals surface area contributed by atoms with Gasteiger partial charge in [-0.15, -0.1) is 11.3 Å². The molecule has 3 rings (SSSR count). The second-order valence-corrected chi connectivity index (χ2v) is 7.04. The van der Waals surface area contributed by atoms with E-state index < -0.39 is 0 Å². The molecule has 0 spiro atoms. The second-order valence-electron chi connectivity index (χ2n) is 6.01. The highest BCUT2D eigenvalue weighted by atomic mass is 32.1. The molecule has 1 aromatic heterocycles. The molecule has 3 nitrogen and oxygen atoms in total. The minimum absolute atomic E-state index is 0.241. The molecule has 1 atom stereocenters. The number of rotatable bonds is 4. The van der Waals surface area contributed by atoms with Crippen molar-refractivity contribution in [2.45, 2.75) is 51.6 Å². The van der Waals surface area contributed by atoms with Crippen LogP contribution in [0.15, 0.2) is 24.3 Å². The minimum atomic E-state index is -0.355. The summed E-state index contributed by atoms with van der Waals surface area (Å²) in [6.45, 7) is 3.25. The van der Waals surface area contributed by atoms with Crippen molar-refractivity contribution in [3.63, 3.8) is 0 Å². The van der Waals surface area contributed by atoms with Crippen LogP contribution >= 0.6 is 11.3 Å². The first kappa shape index (κ1) is 16.1. The molecule has 0 radical (unpaired) electrons. The van der Waals surface area contributed by atoms with E-state index in [-0.39, 0.29) is 17.9 Å². The number of benzene rings is 1. The molecule has 5 heteroatoms. The molecule has 0 N–H and O–H groups in total. The van der Waals surface area contributed by atoms with Gasteiger partial charge in [-0.25, -0.2) is 9.37 Å². The van der Waals surface area contributed by atoms with Crippen molar-refractivity contribution in [1.82, 2.24) is 4.98 Å². The highest BCUT2D eigenvalue weighted by Gasteiger charge is 2.26. The predicted octanol–water partition coefficient (Wildman–Crippen LogP) is 5.23. The third kappa shape index (κ3) is 3.61. The first-order valence-corrected chi connectivity index (χ1v) is 8.80. The van der Waals surface area contributed by atoms with Crippen molar-refractivity contribution < 1.29 is 13.9 Å². The summed E-state index contributed by atoms with van der Waals surface area (Å²) in [6, 6.07) is 6.54. The fourth-order valence-corrected chi connectivity index (χ4v) is 4.24. The van der Waals surface area contributed by atoms with Crippen molar-refractivity contribution in [2.75, 3.05) is 0 Å². The van der Waals surface area contributed by atoms with Gasteiger partial charge in [0.2, 0.25) is 0 Å². The van der Waals surface area contributed by atoms with Gasteiger partial charge in [0.25, 0.3) is 0 Å². The average Bonchev–Trinajstić information content (AvgIpc) is 3.16. The van der Waals surface area contributed by atoms with Gasteiger partial charge in [0.15, 0.2) is 6.10 Å². The van der Waals surface area contributed by atoms with Gasteiger partial charge in [0.05, 0.1) is 10.6 Å². The first-order valence-electron chi connectivity index (χ1n) is 7.98. The van der Waals surface area contributed by atoms with E-state index in [2.05, 4.69) is 0 Å². The molecular formula is C18H20FNO2S. The zero-order valence-corrected chi connectivity index (χ0v) is 14.2. The van der Waals surface area contributed by atoms with Gasteiger partial charge >= 0.3 is 5.97 Å². The Morgan fingerprint density at radius 2 is 1.96 bits per heavy atom. The molecule has 0 aliphatic heterocycles. The predicted molar refractivity (Wildman–Crippen MR) is 88.9 cm³/mol. The van der Waals surface area contributed by atoms with Crippen LogP contribution in [0.2, 0.25) is 0 Å². The Hall–Kier alpha value is -1.75. The summed E-state index contributed by atoms with van der Waals surface area (Å²) in [5.74, 6) is -0.0998. The Labute approximate surface area is 139 Å². The molecule has 1 aliphatic carbocycles. The van der Waals surface area contributed by atoms with E-state index >= 15 is 0 Å². The topological polar surface area (TPSA) is 39.2 Å². The highest BCUT2D eigenvalue weighted by Crippen LogP contribution is 2.43. The zero-order chi connectivity index (χ0) is 16.4. The summed E-state index contributed by atoms with van der Waals surface area (Å²) in [5.41, 5.74) is 2.06. The summed E-state index contributed by atoms with van der Waals surface area (Å²) in [6.07, 6.45) is 4.37. The number of esters is 1. The normalized spacial score (nSPS) is 16.5. The number of hydrogen-bond acceptors (Lipinski definition) is 4. The summed E-state index contributed by atoms with van der Waals surface area (Å²) in [5, 5.41) is 0.807. The van der Waals surface area contributed by atoms with E-state index in [1.54, 1.807) is 23.5 Å². The standard InChI is InChI=1S/C18H20FNO2S/c1-11(22-12(2)21)18-20-16(13-5-3-4-6-13)17(23-18)14-7-9-15(19)10-8-14/h7-11,13H,3-6H2,1-2H3/t11-/m0/s1. The monoisotopic (exact) mass is 333 g/mol. The van der Waals surface area contributed by atoms with Crippen LogP contribution < -0.4 is 0 Å². The molecule has 0 bridgehead atoms. The minimum Gasteiger partial charge on any atom is -0.455 e. The van der Waals surface area contributed by atoms with Crippen LogP contribution in [0.3, 0.4) is 0 Å². The average molecular weight is 333 g/mol. The third-order valence-corrected chi connectivity index (χ3v) is 5.49. The van der Waals surface area contributed by atoms with Crippen molar-refractivity contribution in [3.8, 4) is 10.4 Å². The van der Waals surface area contributed by atoms with E-state index in [0.29, 0.717) is 5.92 Å². The maximum Gasteiger partial charge on any atom is 0.303 e. The zero-order valence-electron chi connectivity index (χ0n) is 13.3. The maximum absolute atomic E-state index is 13.2. The molecule has 1 aliphatic rings. The van der Waals surface area contributed by atoms with E-state index in [1.165, 1.54) is 31.9 Å².